The van der Waals surface area contributed by atoms with Gasteiger partial charge in [0.2, 0.25) is 0 Å². The third-order valence-corrected chi connectivity index (χ3v) is 6.96. The molecule has 2 fully saturated rings. The van der Waals surface area contributed by atoms with Crippen molar-refractivity contribution in [2.75, 3.05) is 38.6 Å². The lowest BCUT2D eigenvalue weighted by Gasteiger charge is -2.26. The first kappa shape index (κ1) is 30.5. The largest absolute Gasteiger partial charge is 0.397 e. The van der Waals surface area contributed by atoms with Gasteiger partial charge < -0.3 is 11.1 Å². The molecule has 0 aliphatic carbocycles. The Balaban J connectivity index is 0.000000252. The zero-order valence-corrected chi connectivity index (χ0v) is 23.7. The van der Waals surface area contributed by atoms with Crippen LogP contribution in [0.3, 0.4) is 0 Å². The average Bonchev–Trinajstić information content (AvgIpc) is 3.20. The van der Waals surface area contributed by atoms with E-state index in [0.717, 1.165) is 55.4 Å². The molecule has 2 aliphatic heterocycles. The Morgan fingerprint density at radius 1 is 1.05 bits per heavy atom. The Labute approximate surface area is 226 Å². The van der Waals surface area contributed by atoms with Gasteiger partial charge in [-0.1, -0.05) is 82.7 Å². The lowest BCUT2D eigenvalue weighted by molar-refractivity contribution is -0.111. The molecule has 1 atom stereocenters. The molecule has 0 radical (unpaired) electrons. The molecule has 2 aliphatic rings. The van der Waals surface area contributed by atoms with Gasteiger partial charge in [0.1, 0.15) is 0 Å². The number of piperidine rings is 1. The zero-order valence-electron chi connectivity index (χ0n) is 23.7. The van der Waals surface area contributed by atoms with Gasteiger partial charge in [-0.3, -0.25) is 14.8 Å². The average molecular weight is 507 g/mol. The molecule has 5 heteroatoms. The van der Waals surface area contributed by atoms with Crippen molar-refractivity contribution in [3.8, 4) is 0 Å². The van der Waals surface area contributed by atoms with Crippen molar-refractivity contribution in [2.24, 2.45) is 11.7 Å². The number of anilines is 1. The summed E-state index contributed by atoms with van der Waals surface area (Å²) in [6, 6.07) is 16.8. The molecule has 2 heterocycles. The molecular weight excluding hydrogens is 456 g/mol. The number of hydroxylamine groups is 2. The maximum atomic E-state index is 6.18. The van der Waals surface area contributed by atoms with Crippen LogP contribution in [0.15, 0.2) is 61.3 Å². The van der Waals surface area contributed by atoms with E-state index >= 15 is 0 Å². The number of likely N-dealkylation sites (tertiary alicyclic amines) is 1. The third-order valence-electron chi connectivity index (χ3n) is 6.96. The summed E-state index contributed by atoms with van der Waals surface area (Å²) in [4.78, 5) is 8.29. The van der Waals surface area contributed by atoms with E-state index in [1.807, 2.05) is 62.5 Å². The van der Waals surface area contributed by atoms with Crippen molar-refractivity contribution in [1.29, 1.82) is 0 Å². The van der Waals surface area contributed by atoms with E-state index in [4.69, 9.17) is 10.6 Å². The van der Waals surface area contributed by atoms with Crippen molar-refractivity contribution in [1.82, 2.24) is 9.96 Å². The minimum absolute atomic E-state index is 0.733. The number of hydrogen-bond acceptors (Lipinski definition) is 5. The molecule has 0 spiro atoms. The van der Waals surface area contributed by atoms with E-state index in [1.165, 1.54) is 49.9 Å². The van der Waals surface area contributed by atoms with Crippen LogP contribution in [-0.2, 0) is 11.4 Å². The maximum Gasteiger partial charge on any atom is 0.0751 e. The predicted octanol–water partition coefficient (Wildman–Crippen LogP) is 7.38. The Bertz CT molecular complexity index is 919. The van der Waals surface area contributed by atoms with E-state index in [0.29, 0.717) is 0 Å². The molecule has 0 bridgehead atoms. The van der Waals surface area contributed by atoms with E-state index in [9.17, 15) is 0 Å². The van der Waals surface area contributed by atoms with Gasteiger partial charge in [-0.15, -0.1) is 0 Å². The second kappa shape index (κ2) is 17.7. The normalized spacial score (nSPS) is 18.4. The predicted molar refractivity (Wildman–Crippen MR) is 161 cm³/mol. The fraction of sp³-hybridized carbons (Fsp3) is 0.500. The fourth-order valence-electron chi connectivity index (χ4n) is 4.58. The molecular formula is C32H50N4O. The minimum Gasteiger partial charge on any atom is -0.397 e. The monoisotopic (exact) mass is 506 g/mol. The molecule has 5 nitrogen and oxygen atoms in total. The van der Waals surface area contributed by atoms with Gasteiger partial charge in [-0.2, -0.15) is 0 Å². The van der Waals surface area contributed by atoms with Gasteiger partial charge in [-0.25, -0.2) is 0 Å². The summed E-state index contributed by atoms with van der Waals surface area (Å²) in [5.41, 5.74) is 11.6. The summed E-state index contributed by atoms with van der Waals surface area (Å²) in [5, 5.41) is 5.01. The molecule has 4 rings (SSSR count). The highest BCUT2D eigenvalue weighted by atomic mass is 16.7. The molecule has 2 aromatic rings. The SMILES string of the molecule is C=Cc1ccc(CN2CCCCC2)cc1.CC.CCC1CCON(/C=C(\N)c2cccc(NC)c2)CC1. The first-order valence-corrected chi connectivity index (χ1v) is 14.2. The Morgan fingerprint density at radius 3 is 2.43 bits per heavy atom. The first-order valence-electron chi connectivity index (χ1n) is 14.2. The number of hydrogen-bond donors (Lipinski definition) is 2. The van der Waals surface area contributed by atoms with Crippen molar-refractivity contribution in [3.05, 3.63) is 78.0 Å². The molecule has 0 aromatic heterocycles. The second-order valence-electron chi connectivity index (χ2n) is 9.52. The number of rotatable bonds is 7. The zero-order chi connectivity index (χ0) is 26.9. The van der Waals surface area contributed by atoms with Crippen LogP contribution in [0.5, 0.6) is 0 Å². The van der Waals surface area contributed by atoms with Crippen molar-refractivity contribution < 1.29 is 4.84 Å². The van der Waals surface area contributed by atoms with Gasteiger partial charge in [0.25, 0.3) is 0 Å². The van der Waals surface area contributed by atoms with E-state index in [-0.39, 0.29) is 0 Å². The van der Waals surface area contributed by atoms with Crippen molar-refractivity contribution in [3.63, 3.8) is 0 Å². The maximum absolute atomic E-state index is 6.18. The van der Waals surface area contributed by atoms with Crippen LogP contribution in [0.1, 0.15) is 76.0 Å². The van der Waals surface area contributed by atoms with Crippen LogP contribution < -0.4 is 11.1 Å². The highest BCUT2D eigenvalue weighted by molar-refractivity contribution is 5.66. The molecule has 3 N–H and O–H groups in total. The standard InChI is InChI=1S/C16H25N3O.C14H19N.C2H6/c1-3-13-7-9-19(20-10-8-13)12-16(17)14-5-4-6-15(11-14)18-2;1-2-13-6-8-14(9-7-13)12-15-10-4-3-5-11-15;1-2/h4-6,11-13,18H,3,7-10,17H2,1-2H3;2,6-9H,1,3-5,10-12H2;1-2H3/b16-12-;;. The van der Waals surface area contributed by atoms with Crippen LogP contribution in [-0.4, -0.2) is 43.3 Å². The first-order chi connectivity index (χ1) is 18.1. The molecule has 1 unspecified atom stereocenters. The molecule has 2 saturated heterocycles. The Kier molecular flexibility index (Phi) is 14.5. The quantitative estimate of drug-likeness (QED) is 0.410. The van der Waals surface area contributed by atoms with Crippen molar-refractivity contribution >= 4 is 17.5 Å². The van der Waals surface area contributed by atoms with Gasteiger partial charge in [0.05, 0.1) is 18.5 Å². The Hall–Kier alpha value is -2.76. The summed E-state index contributed by atoms with van der Waals surface area (Å²) in [7, 11) is 1.90. The van der Waals surface area contributed by atoms with Crippen LogP contribution >= 0.6 is 0 Å². The van der Waals surface area contributed by atoms with Crippen molar-refractivity contribution in [2.45, 2.75) is 65.8 Å². The molecule has 2 aromatic carbocycles. The lowest BCUT2D eigenvalue weighted by Crippen LogP contribution is -2.28. The molecule has 0 saturated carbocycles. The van der Waals surface area contributed by atoms with Gasteiger partial charge in [0.15, 0.2) is 0 Å². The van der Waals surface area contributed by atoms with Gasteiger partial charge in [0, 0.05) is 31.4 Å². The molecule has 204 valence electrons. The summed E-state index contributed by atoms with van der Waals surface area (Å²) in [6.07, 6.45) is 11.5. The van der Waals surface area contributed by atoms with Crippen LogP contribution in [0.2, 0.25) is 0 Å². The highest BCUT2D eigenvalue weighted by Crippen LogP contribution is 2.20. The van der Waals surface area contributed by atoms with E-state index in [1.54, 1.807) is 0 Å². The summed E-state index contributed by atoms with van der Waals surface area (Å²) in [5.74, 6) is 0.766. The number of nitrogens with two attached hydrogens (primary N) is 1. The highest BCUT2D eigenvalue weighted by Gasteiger charge is 2.15. The van der Waals surface area contributed by atoms with Crippen LogP contribution in [0.4, 0.5) is 5.69 Å². The number of nitrogens with zero attached hydrogens (tertiary/aromatic N) is 2. The number of nitrogens with one attached hydrogen (secondary N) is 1. The summed E-state index contributed by atoms with van der Waals surface area (Å²) >= 11 is 0. The third kappa shape index (κ3) is 11.0. The minimum atomic E-state index is 0.733. The summed E-state index contributed by atoms with van der Waals surface area (Å²) in [6.45, 7) is 15.3. The smallest absolute Gasteiger partial charge is 0.0751 e. The number of benzene rings is 2. The van der Waals surface area contributed by atoms with E-state index in [2.05, 4.69) is 48.0 Å². The topological polar surface area (TPSA) is 53.8 Å². The second-order valence-corrected chi connectivity index (χ2v) is 9.52. The summed E-state index contributed by atoms with van der Waals surface area (Å²) < 4.78 is 0. The van der Waals surface area contributed by atoms with Gasteiger partial charge in [-0.05, 0) is 68.0 Å². The van der Waals surface area contributed by atoms with Gasteiger partial charge >= 0.3 is 0 Å². The Morgan fingerprint density at radius 2 is 1.78 bits per heavy atom. The van der Waals surface area contributed by atoms with E-state index < -0.39 is 0 Å². The molecule has 37 heavy (non-hydrogen) atoms. The fourth-order valence-corrected chi connectivity index (χ4v) is 4.58. The lowest BCUT2D eigenvalue weighted by atomic mass is 9.99. The van der Waals surface area contributed by atoms with Crippen LogP contribution in [0.25, 0.3) is 11.8 Å². The molecule has 0 amide bonds. The van der Waals surface area contributed by atoms with Crippen LogP contribution in [0, 0.1) is 5.92 Å².